The largest absolute Gasteiger partial charge is 0.462 e. The number of esters is 3. The van der Waals surface area contributed by atoms with Crippen LogP contribution in [0.15, 0.2) is 122 Å². The smallest absolute Gasteiger partial charge is 0.306 e. The van der Waals surface area contributed by atoms with Gasteiger partial charge in [-0.15, -0.1) is 0 Å². The van der Waals surface area contributed by atoms with Crippen molar-refractivity contribution in [3.8, 4) is 0 Å². The molecule has 0 heterocycles. The Hall–Kier alpha value is -4.19. The minimum absolute atomic E-state index is 0.0898. The molecule has 0 aliphatic carbocycles. The number of carbonyl (C=O) groups is 3. The Morgan fingerprint density at radius 3 is 0.756 bits per heavy atom. The van der Waals surface area contributed by atoms with Crippen molar-refractivity contribution in [3.63, 3.8) is 0 Å². The van der Waals surface area contributed by atoms with E-state index in [2.05, 4.69) is 142 Å². The van der Waals surface area contributed by atoms with Gasteiger partial charge in [0.05, 0.1) is 0 Å². The normalized spacial score (nSPS) is 12.9. The fraction of sp³-hybridized carbons (Fsp3) is 0.697. The van der Waals surface area contributed by atoms with Crippen molar-refractivity contribution >= 4 is 17.9 Å². The summed E-state index contributed by atoms with van der Waals surface area (Å²) >= 11 is 0. The fourth-order valence-electron chi connectivity index (χ4n) is 9.57. The number of ether oxygens (including phenoxy) is 3. The third-order valence-corrected chi connectivity index (χ3v) is 14.7. The first-order chi connectivity index (χ1) is 40.5. The molecule has 0 aliphatic rings. The Kier molecular flexibility index (Phi) is 65.8. The van der Waals surface area contributed by atoms with Gasteiger partial charge in [0, 0.05) is 19.3 Å². The average molecular weight is 1140 g/mol. The highest BCUT2D eigenvalue weighted by Crippen LogP contribution is 2.17. The van der Waals surface area contributed by atoms with E-state index in [1.165, 1.54) is 148 Å². The Balaban J connectivity index is 4.22. The van der Waals surface area contributed by atoms with Gasteiger partial charge in [-0.2, -0.15) is 0 Å². The highest BCUT2D eigenvalue weighted by atomic mass is 16.6. The maximum atomic E-state index is 12.9. The fourth-order valence-corrected chi connectivity index (χ4v) is 9.57. The third-order valence-electron chi connectivity index (χ3n) is 14.7. The number of allylic oxidation sites excluding steroid dienone is 20. The summed E-state index contributed by atoms with van der Waals surface area (Å²) in [5, 5.41) is 0. The molecule has 0 saturated carbocycles. The van der Waals surface area contributed by atoms with Crippen molar-refractivity contribution in [2.75, 3.05) is 13.2 Å². The molecule has 0 aromatic rings. The lowest BCUT2D eigenvalue weighted by Crippen LogP contribution is -2.30. The molecule has 0 aliphatic heterocycles. The van der Waals surface area contributed by atoms with E-state index < -0.39 is 6.10 Å². The van der Waals surface area contributed by atoms with E-state index in [0.29, 0.717) is 19.3 Å². The minimum Gasteiger partial charge on any atom is -0.462 e. The van der Waals surface area contributed by atoms with Crippen molar-refractivity contribution in [1.29, 1.82) is 0 Å². The minimum atomic E-state index is -0.796. The summed E-state index contributed by atoms with van der Waals surface area (Å²) in [4.78, 5) is 38.4. The maximum absolute atomic E-state index is 12.9. The van der Waals surface area contributed by atoms with Crippen LogP contribution in [0.1, 0.15) is 323 Å². The van der Waals surface area contributed by atoms with Gasteiger partial charge in [-0.1, -0.05) is 296 Å². The summed E-state index contributed by atoms with van der Waals surface area (Å²) in [5.74, 6) is -0.913. The summed E-state index contributed by atoms with van der Waals surface area (Å²) < 4.78 is 16.9. The van der Waals surface area contributed by atoms with Crippen molar-refractivity contribution in [1.82, 2.24) is 0 Å². The van der Waals surface area contributed by atoms with Crippen LogP contribution >= 0.6 is 0 Å². The van der Waals surface area contributed by atoms with E-state index in [0.717, 1.165) is 135 Å². The van der Waals surface area contributed by atoms with Crippen molar-refractivity contribution in [3.05, 3.63) is 122 Å². The molecule has 0 radical (unpaired) electrons. The van der Waals surface area contributed by atoms with Crippen LogP contribution in [0.2, 0.25) is 0 Å². The lowest BCUT2D eigenvalue weighted by atomic mass is 10.0. The third kappa shape index (κ3) is 66.6. The highest BCUT2D eigenvalue weighted by molar-refractivity contribution is 5.71. The Bertz CT molecular complexity index is 1690. The zero-order valence-electron chi connectivity index (χ0n) is 53.7. The maximum Gasteiger partial charge on any atom is 0.306 e. The first kappa shape index (κ1) is 77.8. The van der Waals surface area contributed by atoms with Crippen LogP contribution < -0.4 is 0 Å². The monoisotopic (exact) mass is 1140 g/mol. The van der Waals surface area contributed by atoms with Crippen molar-refractivity contribution in [2.45, 2.75) is 329 Å². The number of carbonyl (C=O) groups excluding carboxylic acids is 3. The summed E-state index contributed by atoms with van der Waals surface area (Å²) in [5.41, 5.74) is 0. The summed E-state index contributed by atoms with van der Waals surface area (Å²) in [6.45, 7) is 6.40. The standard InChI is InChI=1S/C76H128O6/c1-4-7-10-13-16-19-22-25-28-30-31-32-33-34-35-36-37-38-39-40-41-42-43-44-45-47-48-51-54-57-60-63-66-69-75(78)81-72-73(71-80-74(77)68-65-62-59-56-53-50-27-24-21-18-15-12-9-6-3)82-76(79)70-67-64-61-58-55-52-49-46-29-26-23-20-17-14-11-8-5-2/h7-8,10-11,16-17,19-20,24-29,31-32,34-35,49,52,73H,4-6,9,12-15,18,21-23,30,33,36-48,50-51,53-72H2,1-3H3/b10-7-,11-8-,19-16-,20-17-,27-24-,28-25-,29-26-,32-31-,35-34-,52-49-. The molecule has 1 unspecified atom stereocenters. The summed E-state index contributed by atoms with van der Waals surface area (Å²) in [6, 6.07) is 0. The Labute approximate surface area is 507 Å². The highest BCUT2D eigenvalue weighted by Gasteiger charge is 2.19. The molecule has 0 rings (SSSR count). The van der Waals surface area contributed by atoms with Crippen LogP contribution in [0.3, 0.4) is 0 Å². The molecular formula is C76H128O6. The van der Waals surface area contributed by atoms with E-state index in [9.17, 15) is 14.4 Å². The molecular weight excluding hydrogens is 1010 g/mol. The van der Waals surface area contributed by atoms with Gasteiger partial charge >= 0.3 is 17.9 Å². The summed E-state index contributed by atoms with van der Waals surface area (Å²) in [6.07, 6.45) is 96.6. The van der Waals surface area contributed by atoms with E-state index in [1.807, 2.05) is 0 Å². The zero-order chi connectivity index (χ0) is 59.2. The molecule has 0 aromatic heterocycles. The number of hydrogen-bond donors (Lipinski definition) is 0. The van der Waals surface area contributed by atoms with Gasteiger partial charge in [-0.25, -0.2) is 0 Å². The second-order valence-corrected chi connectivity index (χ2v) is 22.7. The van der Waals surface area contributed by atoms with E-state index in [-0.39, 0.29) is 31.1 Å². The Morgan fingerprint density at radius 2 is 0.476 bits per heavy atom. The van der Waals surface area contributed by atoms with Gasteiger partial charge in [0.25, 0.3) is 0 Å². The molecule has 0 N–H and O–H groups in total. The average Bonchev–Trinajstić information content (AvgIpc) is 3.47. The first-order valence-corrected chi connectivity index (χ1v) is 34.5. The van der Waals surface area contributed by atoms with Crippen LogP contribution in [-0.4, -0.2) is 37.2 Å². The van der Waals surface area contributed by atoms with E-state index >= 15 is 0 Å². The molecule has 0 fully saturated rings. The molecule has 468 valence electrons. The van der Waals surface area contributed by atoms with Crippen LogP contribution in [0.4, 0.5) is 0 Å². The second kappa shape index (κ2) is 69.3. The van der Waals surface area contributed by atoms with Gasteiger partial charge < -0.3 is 14.2 Å². The van der Waals surface area contributed by atoms with Gasteiger partial charge in [0.15, 0.2) is 6.10 Å². The van der Waals surface area contributed by atoms with Gasteiger partial charge in [-0.05, 0) is 128 Å². The molecule has 82 heavy (non-hydrogen) atoms. The topological polar surface area (TPSA) is 78.9 Å². The van der Waals surface area contributed by atoms with Gasteiger partial charge in [0.2, 0.25) is 0 Å². The number of unbranched alkanes of at least 4 members (excludes halogenated alkanes) is 31. The predicted molar refractivity (Wildman–Crippen MR) is 357 cm³/mol. The van der Waals surface area contributed by atoms with Crippen LogP contribution in [-0.2, 0) is 28.6 Å². The zero-order valence-corrected chi connectivity index (χ0v) is 53.7. The van der Waals surface area contributed by atoms with Crippen molar-refractivity contribution in [2.24, 2.45) is 0 Å². The number of hydrogen-bond acceptors (Lipinski definition) is 6. The molecule has 0 saturated heterocycles. The predicted octanol–water partition coefficient (Wildman–Crippen LogP) is 23.9. The van der Waals surface area contributed by atoms with E-state index in [1.54, 1.807) is 0 Å². The van der Waals surface area contributed by atoms with Crippen LogP contribution in [0, 0.1) is 0 Å². The van der Waals surface area contributed by atoms with Gasteiger partial charge in [0.1, 0.15) is 13.2 Å². The van der Waals surface area contributed by atoms with Crippen molar-refractivity contribution < 1.29 is 28.6 Å². The molecule has 0 spiro atoms. The molecule has 6 heteroatoms. The van der Waals surface area contributed by atoms with Crippen LogP contribution in [0.5, 0.6) is 0 Å². The SMILES string of the molecule is CC/C=C\C/C=C\C/C=C\C/C=C\C/C=C\CCCCCCCCCCCCCCCCCCCC(=O)OCC(COC(=O)CCCCCCC/C=C\CCCCCCC)OC(=O)CCCCCC/C=C\C/C=C\C/C=C\C/C=C\CC. The summed E-state index contributed by atoms with van der Waals surface area (Å²) in [7, 11) is 0. The molecule has 6 nitrogen and oxygen atoms in total. The molecule has 0 aromatic carbocycles. The quantitative estimate of drug-likeness (QED) is 0.0261. The second-order valence-electron chi connectivity index (χ2n) is 22.7. The van der Waals surface area contributed by atoms with Gasteiger partial charge in [-0.3, -0.25) is 14.4 Å². The Morgan fingerprint density at radius 1 is 0.256 bits per heavy atom. The first-order valence-electron chi connectivity index (χ1n) is 34.5. The number of rotatable bonds is 62. The molecule has 0 bridgehead atoms. The molecule has 0 amide bonds. The molecule has 1 atom stereocenters. The lowest BCUT2D eigenvalue weighted by Gasteiger charge is -2.18. The van der Waals surface area contributed by atoms with Crippen LogP contribution in [0.25, 0.3) is 0 Å². The lowest BCUT2D eigenvalue weighted by molar-refractivity contribution is -0.167. The van der Waals surface area contributed by atoms with E-state index in [4.69, 9.17) is 14.2 Å².